The molecule has 6 nitrogen and oxygen atoms in total. The Kier molecular flexibility index (Phi) is 8.08. The first-order valence-electron chi connectivity index (χ1n) is 9.88. The first-order chi connectivity index (χ1) is 15.0. The topological polar surface area (TPSA) is 76.1 Å². The average molecular weight is 458 g/mol. The van der Waals surface area contributed by atoms with Gasteiger partial charge in [-0.1, -0.05) is 60.4 Å². The van der Waals surface area contributed by atoms with E-state index in [1.807, 2.05) is 25.1 Å². The Bertz CT molecular complexity index is 991. The zero-order chi connectivity index (χ0) is 22.2. The van der Waals surface area contributed by atoms with E-state index in [4.69, 9.17) is 26.8 Å². The molecule has 0 bridgehead atoms. The molecule has 1 aliphatic heterocycles. The Morgan fingerprint density at radius 3 is 2.65 bits per heavy atom. The quantitative estimate of drug-likeness (QED) is 0.419. The number of carboxylic acids is 1. The fourth-order valence-electron chi connectivity index (χ4n) is 3.07. The Hall–Kier alpha value is -2.84. The largest absolute Gasteiger partial charge is 0.490 e. The number of carbonyl (C=O) groups is 2. The summed E-state index contributed by atoms with van der Waals surface area (Å²) < 4.78 is 11.4. The number of benzene rings is 2. The predicted molar refractivity (Wildman–Crippen MR) is 125 cm³/mol. The number of ether oxygens (including phenoxy) is 2. The maximum Gasteiger partial charge on any atom is 0.341 e. The highest BCUT2D eigenvalue weighted by molar-refractivity contribution is 8.26. The second-order valence-electron chi connectivity index (χ2n) is 6.74. The van der Waals surface area contributed by atoms with Gasteiger partial charge in [-0.05, 0) is 49.1 Å². The van der Waals surface area contributed by atoms with Crippen LogP contribution in [0.1, 0.15) is 24.5 Å². The van der Waals surface area contributed by atoms with Gasteiger partial charge in [0, 0.05) is 6.54 Å². The molecule has 0 atom stereocenters. The lowest BCUT2D eigenvalue weighted by atomic mass is 10.1. The highest BCUT2D eigenvalue weighted by Crippen LogP contribution is 2.35. The number of thioether (sulfide) groups is 1. The van der Waals surface area contributed by atoms with Crippen molar-refractivity contribution in [1.82, 2.24) is 4.90 Å². The summed E-state index contributed by atoms with van der Waals surface area (Å²) >= 11 is 6.69. The molecule has 1 amide bonds. The molecule has 0 radical (unpaired) electrons. The molecule has 1 N–H and O–H groups in total. The number of nitrogens with zero attached hydrogens (tertiary/aromatic N) is 1. The second kappa shape index (κ2) is 11.0. The molecule has 31 heavy (non-hydrogen) atoms. The molecule has 0 aromatic heterocycles. The summed E-state index contributed by atoms with van der Waals surface area (Å²) in [5, 5.41) is 8.81. The van der Waals surface area contributed by atoms with E-state index in [2.05, 4.69) is 12.1 Å². The first kappa shape index (κ1) is 22.8. The lowest BCUT2D eigenvalue weighted by Crippen LogP contribution is -2.29. The monoisotopic (exact) mass is 457 g/mol. The minimum absolute atomic E-state index is 0.104. The molecule has 1 saturated heterocycles. The van der Waals surface area contributed by atoms with Gasteiger partial charge >= 0.3 is 5.97 Å². The number of hydrogen-bond donors (Lipinski definition) is 1. The molecule has 1 fully saturated rings. The van der Waals surface area contributed by atoms with E-state index in [-0.39, 0.29) is 5.91 Å². The van der Waals surface area contributed by atoms with E-state index in [0.29, 0.717) is 33.9 Å². The lowest BCUT2D eigenvalue weighted by molar-refractivity contribution is -0.139. The minimum Gasteiger partial charge on any atom is -0.490 e. The molecule has 0 saturated carbocycles. The van der Waals surface area contributed by atoms with Crippen LogP contribution >= 0.6 is 24.0 Å². The van der Waals surface area contributed by atoms with Gasteiger partial charge in [0.15, 0.2) is 18.1 Å². The SMILES string of the molecule is CCOc1cc(C=C2SC(=S)N(CCCc3ccccc3)C2=O)ccc1OCC(=O)O. The van der Waals surface area contributed by atoms with Crippen LogP contribution in [0.5, 0.6) is 11.5 Å². The zero-order valence-corrected chi connectivity index (χ0v) is 18.7. The summed E-state index contributed by atoms with van der Waals surface area (Å²) in [6, 6.07) is 15.3. The van der Waals surface area contributed by atoms with Crippen molar-refractivity contribution in [2.45, 2.75) is 19.8 Å². The Morgan fingerprint density at radius 1 is 1.16 bits per heavy atom. The predicted octanol–water partition coefficient (Wildman–Crippen LogP) is 4.38. The number of thiocarbonyl (C=S) groups is 1. The van der Waals surface area contributed by atoms with E-state index in [0.717, 1.165) is 18.4 Å². The van der Waals surface area contributed by atoms with E-state index in [1.54, 1.807) is 29.2 Å². The number of aryl methyl sites for hydroxylation is 1. The molecule has 0 unspecified atom stereocenters. The molecule has 0 spiro atoms. The highest BCUT2D eigenvalue weighted by Gasteiger charge is 2.31. The van der Waals surface area contributed by atoms with Crippen LogP contribution < -0.4 is 9.47 Å². The summed E-state index contributed by atoms with van der Waals surface area (Å²) in [7, 11) is 0. The summed E-state index contributed by atoms with van der Waals surface area (Å²) in [6.45, 7) is 2.34. The van der Waals surface area contributed by atoms with Crippen molar-refractivity contribution in [3.63, 3.8) is 0 Å². The minimum atomic E-state index is -1.07. The fraction of sp³-hybridized carbons (Fsp3) is 0.261. The molecule has 2 aromatic rings. The van der Waals surface area contributed by atoms with Crippen molar-refractivity contribution in [3.8, 4) is 11.5 Å². The summed E-state index contributed by atoms with van der Waals surface area (Å²) in [5.74, 6) is -0.402. The molecular weight excluding hydrogens is 434 g/mol. The van der Waals surface area contributed by atoms with Crippen molar-refractivity contribution >= 4 is 46.3 Å². The molecular formula is C23H23NO5S2. The molecule has 8 heteroatoms. The third kappa shape index (κ3) is 6.32. The maximum absolute atomic E-state index is 12.8. The molecule has 0 aliphatic carbocycles. The number of hydrogen-bond acceptors (Lipinski definition) is 6. The zero-order valence-electron chi connectivity index (χ0n) is 17.1. The standard InChI is InChI=1S/C23H23NO5S2/c1-2-28-19-13-17(10-11-18(19)29-15-21(25)26)14-20-22(27)24(23(30)31-20)12-6-9-16-7-4-3-5-8-16/h3-5,7-8,10-11,13-14H,2,6,9,12,15H2,1H3,(H,25,26). The van der Waals surface area contributed by atoms with Crippen molar-refractivity contribution in [2.75, 3.05) is 19.8 Å². The summed E-state index contributed by atoms with van der Waals surface area (Å²) in [4.78, 5) is 25.8. The van der Waals surface area contributed by atoms with Gasteiger partial charge in [0.25, 0.3) is 5.91 Å². The van der Waals surface area contributed by atoms with Crippen LogP contribution in [0.15, 0.2) is 53.4 Å². The van der Waals surface area contributed by atoms with Crippen LogP contribution in [0, 0.1) is 0 Å². The average Bonchev–Trinajstić information content (AvgIpc) is 3.01. The van der Waals surface area contributed by atoms with Crippen LogP contribution in [0.2, 0.25) is 0 Å². The van der Waals surface area contributed by atoms with E-state index < -0.39 is 12.6 Å². The van der Waals surface area contributed by atoms with E-state index >= 15 is 0 Å². The Labute approximate surface area is 190 Å². The lowest BCUT2D eigenvalue weighted by Gasteiger charge is -2.14. The molecule has 162 valence electrons. The third-order valence-electron chi connectivity index (χ3n) is 4.48. The second-order valence-corrected chi connectivity index (χ2v) is 8.42. The van der Waals surface area contributed by atoms with Crippen LogP contribution in [0.4, 0.5) is 0 Å². The molecule has 1 aliphatic rings. The van der Waals surface area contributed by atoms with Gasteiger partial charge in [-0.25, -0.2) is 4.79 Å². The summed E-state index contributed by atoms with van der Waals surface area (Å²) in [5.41, 5.74) is 1.98. The van der Waals surface area contributed by atoms with Gasteiger partial charge in [-0.3, -0.25) is 9.69 Å². The fourth-order valence-corrected chi connectivity index (χ4v) is 4.38. The van der Waals surface area contributed by atoms with Crippen LogP contribution in [0.25, 0.3) is 6.08 Å². The molecule has 3 rings (SSSR count). The number of rotatable bonds is 10. The summed E-state index contributed by atoms with van der Waals surface area (Å²) in [6.07, 6.45) is 3.47. The highest BCUT2D eigenvalue weighted by atomic mass is 32.2. The first-order valence-corrected chi connectivity index (χ1v) is 11.1. The van der Waals surface area contributed by atoms with Crippen molar-refractivity contribution in [1.29, 1.82) is 0 Å². The third-order valence-corrected chi connectivity index (χ3v) is 5.86. The number of carboxylic acid groups (broad SMARTS) is 1. The molecule has 1 heterocycles. The van der Waals surface area contributed by atoms with Gasteiger partial charge in [0.05, 0.1) is 11.5 Å². The normalized spacial score (nSPS) is 14.9. The van der Waals surface area contributed by atoms with Crippen molar-refractivity contribution in [2.24, 2.45) is 0 Å². The van der Waals surface area contributed by atoms with Crippen LogP contribution in [-0.2, 0) is 16.0 Å². The van der Waals surface area contributed by atoms with Crippen LogP contribution in [0.3, 0.4) is 0 Å². The van der Waals surface area contributed by atoms with E-state index in [9.17, 15) is 9.59 Å². The Balaban J connectivity index is 1.68. The number of aliphatic carboxylic acids is 1. The van der Waals surface area contributed by atoms with Gasteiger partial charge < -0.3 is 14.6 Å². The van der Waals surface area contributed by atoms with Crippen molar-refractivity contribution < 1.29 is 24.2 Å². The van der Waals surface area contributed by atoms with Gasteiger partial charge in [-0.15, -0.1) is 0 Å². The van der Waals surface area contributed by atoms with Gasteiger partial charge in [-0.2, -0.15) is 0 Å². The number of carbonyl (C=O) groups excluding carboxylic acids is 1. The van der Waals surface area contributed by atoms with Gasteiger partial charge in [0.2, 0.25) is 0 Å². The van der Waals surface area contributed by atoms with Crippen LogP contribution in [-0.4, -0.2) is 46.0 Å². The molecule has 2 aromatic carbocycles. The maximum atomic E-state index is 12.8. The Morgan fingerprint density at radius 2 is 1.94 bits per heavy atom. The number of amides is 1. The van der Waals surface area contributed by atoms with Gasteiger partial charge in [0.1, 0.15) is 4.32 Å². The van der Waals surface area contributed by atoms with Crippen molar-refractivity contribution in [3.05, 3.63) is 64.6 Å². The van der Waals surface area contributed by atoms with E-state index in [1.165, 1.54) is 17.3 Å². The smallest absolute Gasteiger partial charge is 0.341 e.